The van der Waals surface area contributed by atoms with Crippen molar-refractivity contribution in [2.24, 2.45) is 0 Å². The Morgan fingerprint density at radius 1 is 1.04 bits per heavy atom. The molecule has 11 heteroatoms. The number of benzene rings is 2. The lowest BCUT2D eigenvalue weighted by atomic mass is 9.85. The number of fused-ring (bicyclic) bond motifs is 1. The van der Waals surface area contributed by atoms with Gasteiger partial charge in [0.25, 0.3) is 0 Å². The predicted octanol–water partition coefficient (Wildman–Crippen LogP) is 6.40. The number of urea groups is 1. The van der Waals surface area contributed by atoms with Crippen molar-refractivity contribution in [3.05, 3.63) is 101 Å². The fourth-order valence-corrected chi connectivity index (χ4v) is 6.38. The van der Waals surface area contributed by atoms with Crippen molar-refractivity contribution >= 4 is 17.7 Å². The number of likely N-dealkylation sites (N-methyl/N-ethyl adjacent to an activating group) is 1. The first kappa shape index (κ1) is 32.2. The summed E-state index contributed by atoms with van der Waals surface area (Å²) in [4.78, 5) is 15.3. The maximum Gasteiger partial charge on any atom is 0.320 e. The van der Waals surface area contributed by atoms with Gasteiger partial charge in [-0.15, -0.1) is 0 Å². The first-order valence-corrected chi connectivity index (χ1v) is 16.1. The molecule has 1 aliphatic carbocycles. The first-order chi connectivity index (χ1) is 22.4. The molecule has 2 aromatic heterocycles. The summed E-state index contributed by atoms with van der Waals surface area (Å²) < 4.78 is 23.7. The number of anilines is 1. The monoisotopic (exact) mass is 638 g/mol. The SMILES string of the molecule is Cc1ccc(-n2nc(C(C)(C)C)cc2NC(=O)NC2CCC(Oc3ccc(=N)n(C(=N)C4CC(F)CN4C)c3)c3ccccc32)cc1. The number of ether oxygens (including phenoxy) is 1. The Balaban J connectivity index is 1.19. The molecule has 4 N–H and O–H groups in total. The Hall–Kier alpha value is -4.77. The van der Waals surface area contributed by atoms with Crippen LogP contribution in [0.15, 0.2) is 72.9 Å². The van der Waals surface area contributed by atoms with Crippen LogP contribution >= 0.6 is 0 Å². The molecule has 6 rings (SSSR count). The molecule has 3 heterocycles. The van der Waals surface area contributed by atoms with E-state index in [0.717, 1.165) is 28.1 Å². The molecule has 47 heavy (non-hydrogen) atoms. The van der Waals surface area contributed by atoms with E-state index in [-0.39, 0.29) is 47.9 Å². The highest BCUT2D eigenvalue weighted by Gasteiger charge is 2.34. The van der Waals surface area contributed by atoms with Crippen molar-refractivity contribution in [3.8, 4) is 11.4 Å². The predicted molar refractivity (Wildman–Crippen MR) is 180 cm³/mol. The number of nitrogens with one attached hydrogen (secondary N) is 4. The van der Waals surface area contributed by atoms with E-state index in [1.54, 1.807) is 30.1 Å². The molecule has 0 bridgehead atoms. The van der Waals surface area contributed by atoms with Gasteiger partial charge in [-0.05, 0) is 62.2 Å². The lowest BCUT2D eigenvalue weighted by Gasteiger charge is -2.32. The molecule has 1 aliphatic heterocycles. The van der Waals surface area contributed by atoms with E-state index in [4.69, 9.17) is 20.7 Å². The summed E-state index contributed by atoms with van der Waals surface area (Å²) in [5.74, 6) is 1.26. The van der Waals surface area contributed by atoms with Crippen LogP contribution in [0.25, 0.3) is 5.69 Å². The summed E-state index contributed by atoms with van der Waals surface area (Å²) in [6.45, 7) is 8.59. The van der Waals surface area contributed by atoms with E-state index in [1.807, 2.05) is 66.4 Å². The Bertz CT molecular complexity index is 1840. The zero-order chi connectivity index (χ0) is 33.5. The number of amides is 2. The number of rotatable bonds is 6. The number of carbonyl (C=O) groups excluding carboxylic acids is 1. The number of carbonyl (C=O) groups is 1. The van der Waals surface area contributed by atoms with Gasteiger partial charge in [-0.1, -0.05) is 62.7 Å². The van der Waals surface area contributed by atoms with E-state index in [9.17, 15) is 9.18 Å². The van der Waals surface area contributed by atoms with Crippen LogP contribution in [0.3, 0.4) is 0 Å². The van der Waals surface area contributed by atoms with Crippen molar-refractivity contribution < 1.29 is 13.9 Å². The van der Waals surface area contributed by atoms with Gasteiger partial charge in [0.15, 0.2) is 0 Å². The third-order valence-electron chi connectivity index (χ3n) is 9.01. The topological polar surface area (TPSA) is 124 Å². The van der Waals surface area contributed by atoms with Gasteiger partial charge in [-0.25, -0.2) is 13.9 Å². The molecule has 4 unspecified atom stereocenters. The summed E-state index contributed by atoms with van der Waals surface area (Å²) in [5, 5.41) is 28.2. The molecule has 0 saturated carbocycles. The molecule has 2 aromatic carbocycles. The number of hydrogen-bond acceptors (Lipinski definition) is 6. The van der Waals surface area contributed by atoms with Crippen LogP contribution in [0.5, 0.6) is 5.75 Å². The first-order valence-electron chi connectivity index (χ1n) is 16.1. The van der Waals surface area contributed by atoms with Crippen LogP contribution in [-0.2, 0) is 5.41 Å². The average Bonchev–Trinajstić information content (AvgIpc) is 3.61. The molecule has 0 spiro atoms. The quantitative estimate of drug-likeness (QED) is 0.144. The fourth-order valence-electron chi connectivity index (χ4n) is 6.38. The van der Waals surface area contributed by atoms with Gasteiger partial charge in [-0.3, -0.25) is 25.6 Å². The summed E-state index contributed by atoms with van der Waals surface area (Å²) in [5.41, 5.74) is 4.75. The largest absolute Gasteiger partial charge is 0.484 e. The lowest BCUT2D eigenvalue weighted by Crippen LogP contribution is -2.40. The molecule has 1 saturated heterocycles. The number of aromatic nitrogens is 3. The number of pyridine rings is 1. The second kappa shape index (κ2) is 12.8. The van der Waals surface area contributed by atoms with Gasteiger partial charge in [-0.2, -0.15) is 5.10 Å². The van der Waals surface area contributed by atoms with Crippen molar-refractivity contribution in [2.45, 2.75) is 76.7 Å². The molecular weight excluding hydrogens is 595 g/mol. The minimum Gasteiger partial charge on any atom is -0.484 e. The molecule has 4 aromatic rings. The third-order valence-corrected chi connectivity index (χ3v) is 9.01. The van der Waals surface area contributed by atoms with Crippen molar-refractivity contribution in [1.29, 1.82) is 10.8 Å². The summed E-state index contributed by atoms with van der Waals surface area (Å²) in [6.07, 6.45) is 1.90. The van der Waals surface area contributed by atoms with Crippen LogP contribution in [0, 0.1) is 17.7 Å². The van der Waals surface area contributed by atoms with Crippen LogP contribution < -0.4 is 20.9 Å². The highest BCUT2D eigenvalue weighted by Crippen LogP contribution is 2.39. The zero-order valence-electron chi connectivity index (χ0n) is 27.5. The summed E-state index contributed by atoms with van der Waals surface area (Å²) >= 11 is 0. The van der Waals surface area contributed by atoms with Crippen molar-refractivity contribution in [2.75, 3.05) is 18.9 Å². The van der Waals surface area contributed by atoms with Gasteiger partial charge < -0.3 is 10.1 Å². The van der Waals surface area contributed by atoms with Crippen molar-refractivity contribution in [1.82, 2.24) is 24.6 Å². The van der Waals surface area contributed by atoms with Crippen LogP contribution in [-0.4, -0.2) is 56.9 Å². The number of alkyl halides is 1. The maximum absolute atomic E-state index is 14.0. The van der Waals surface area contributed by atoms with Gasteiger partial charge in [0, 0.05) is 24.4 Å². The number of aryl methyl sites for hydroxylation is 1. The zero-order valence-corrected chi connectivity index (χ0v) is 27.5. The minimum atomic E-state index is -0.988. The number of hydrogen-bond donors (Lipinski definition) is 4. The molecule has 1 fully saturated rings. The second-order valence-corrected chi connectivity index (χ2v) is 13.7. The smallest absolute Gasteiger partial charge is 0.320 e. The molecule has 246 valence electrons. The molecule has 2 aliphatic rings. The Labute approximate surface area is 274 Å². The summed E-state index contributed by atoms with van der Waals surface area (Å²) in [6, 6.07) is 20.2. The average molecular weight is 639 g/mol. The van der Waals surface area contributed by atoms with E-state index >= 15 is 0 Å². The van der Waals surface area contributed by atoms with Gasteiger partial charge in [0.05, 0.1) is 29.7 Å². The maximum atomic E-state index is 14.0. The van der Waals surface area contributed by atoms with Gasteiger partial charge in [0.1, 0.15) is 35.2 Å². The number of halogens is 1. The Morgan fingerprint density at radius 3 is 2.45 bits per heavy atom. The second-order valence-electron chi connectivity index (χ2n) is 13.7. The standard InChI is InChI=1S/C36H43FN8O2/c1-22-10-12-24(13-11-22)45-33(19-31(42-45)36(2,3)4)41-35(46)40-28-15-16-30(27-9-7-6-8-26(27)28)47-25-14-17-32(38)44(21-25)34(39)29-18-23(37)20-43(29)5/h6-14,17,19,21,23,28-30,38-39H,15-16,18,20H2,1-5H3,(H2,40,41,46). The normalized spacial score (nSPS) is 21.2. The van der Waals surface area contributed by atoms with E-state index in [0.29, 0.717) is 24.4 Å². The Kier molecular flexibility index (Phi) is 8.76. The number of likely N-dealkylation sites (tertiary alicyclic amines) is 1. The minimum absolute atomic E-state index is 0.135. The molecular formula is C36H43FN8O2. The van der Waals surface area contributed by atoms with Crippen molar-refractivity contribution in [3.63, 3.8) is 0 Å². The van der Waals surface area contributed by atoms with E-state index in [2.05, 4.69) is 31.4 Å². The summed E-state index contributed by atoms with van der Waals surface area (Å²) in [7, 11) is 1.80. The highest BCUT2D eigenvalue weighted by molar-refractivity contribution is 5.89. The third kappa shape index (κ3) is 6.85. The van der Waals surface area contributed by atoms with Crippen LogP contribution in [0.4, 0.5) is 15.0 Å². The number of nitrogens with zero attached hydrogens (tertiary/aromatic N) is 4. The fraction of sp³-hybridized carbons (Fsp3) is 0.389. The molecule has 4 atom stereocenters. The molecule has 0 radical (unpaired) electrons. The lowest BCUT2D eigenvalue weighted by molar-refractivity contribution is 0.171. The highest BCUT2D eigenvalue weighted by atomic mass is 19.1. The van der Waals surface area contributed by atoms with Gasteiger partial charge >= 0.3 is 6.03 Å². The van der Waals surface area contributed by atoms with Gasteiger partial charge in [0.2, 0.25) is 0 Å². The van der Waals surface area contributed by atoms with Crippen LogP contribution in [0.2, 0.25) is 0 Å². The molecule has 2 amide bonds. The van der Waals surface area contributed by atoms with E-state index in [1.165, 1.54) is 4.57 Å². The Morgan fingerprint density at radius 2 is 1.77 bits per heavy atom. The van der Waals surface area contributed by atoms with Crippen LogP contribution in [0.1, 0.15) is 74.6 Å². The van der Waals surface area contributed by atoms with E-state index < -0.39 is 12.2 Å². The molecule has 10 nitrogen and oxygen atoms in total.